The predicted octanol–water partition coefficient (Wildman–Crippen LogP) is 2.32. The zero-order valence-corrected chi connectivity index (χ0v) is 12.7. The number of rotatable bonds is 5. The Labute approximate surface area is 115 Å². The molecule has 1 aromatic rings. The summed E-state index contributed by atoms with van der Waals surface area (Å²) in [5.74, 6) is 0. The highest BCUT2D eigenvalue weighted by atomic mass is 79.9. The summed E-state index contributed by atoms with van der Waals surface area (Å²) in [6, 6.07) is 2.76. The average molecular weight is 319 g/mol. The first kappa shape index (κ1) is 13.5. The number of halogens is 1. The molecule has 0 spiro atoms. The Hall–Kier alpha value is 0.0600. The molecule has 2 rings (SSSR count). The average Bonchev–Trinajstić information content (AvgIpc) is 2.88. The molecule has 3 nitrogen and oxygen atoms in total. The lowest BCUT2D eigenvalue weighted by atomic mass is 10.2. The Balaban J connectivity index is 1.76. The van der Waals surface area contributed by atoms with Gasteiger partial charge in [-0.1, -0.05) is 0 Å². The minimum Gasteiger partial charge on any atom is -0.380 e. The largest absolute Gasteiger partial charge is 0.380 e. The van der Waals surface area contributed by atoms with Gasteiger partial charge in [0.25, 0.3) is 0 Å². The molecule has 96 valence electrons. The highest BCUT2D eigenvalue weighted by molar-refractivity contribution is 9.11. The third-order valence-corrected chi connectivity index (χ3v) is 4.67. The molecule has 1 N–H and O–H groups in total. The van der Waals surface area contributed by atoms with E-state index in [4.69, 9.17) is 4.74 Å². The number of thiophene rings is 1. The maximum Gasteiger partial charge on any atom is 0.0711 e. The molecule has 17 heavy (non-hydrogen) atoms. The van der Waals surface area contributed by atoms with Gasteiger partial charge in [0.15, 0.2) is 0 Å². The van der Waals surface area contributed by atoms with Gasteiger partial charge >= 0.3 is 0 Å². The molecule has 0 saturated carbocycles. The van der Waals surface area contributed by atoms with Gasteiger partial charge in [-0.05, 0) is 46.4 Å². The highest BCUT2D eigenvalue weighted by Crippen LogP contribution is 2.21. The van der Waals surface area contributed by atoms with Gasteiger partial charge in [-0.3, -0.25) is 0 Å². The van der Waals surface area contributed by atoms with Crippen LogP contribution in [-0.2, 0) is 11.3 Å². The van der Waals surface area contributed by atoms with Gasteiger partial charge in [0.1, 0.15) is 0 Å². The van der Waals surface area contributed by atoms with E-state index < -0.39 is 0 Å². The molecule has 2 heterocycles. The van der Waals surface area contributed by atoms with Crippen LogP contribution < -0.4 is 5.32 Å². The van der Waals surface area contributed by atoms with E-state index in [0.29, 0.717) is 12.1 Å². The second kappa shape index (κ2) is 6.29. The summed E-state index contributed by atoms with van der Waals surface area (Å²) in [5, 5.41) is 5.72. The molecule has 1 saturated heterocycles. The summed E-state index contributed by atoms with van der Waals surface area (Å²) >= 11 is 5.25. The van der Waals surface area contributed by atoms with E-state index in [9.17, 15) is 0 Å². The minimum atomic E-state index is 0.392. The monoisotopic (exact) mass is 318 g/mol. The quantitative estimate of drug-likeness (QED) is 0.901. The lowest BCUT2D eigenvalue weighted by molar-refractivity contribution is 0.116. The summed E-state index contributed by atoms with van der Waals surface area (Å²) in [4.78, 5) is 2.37. The van der Waals surface area contributed by atoms with Crippen LogP contribution in [0.1, 0.15) is 12.0 Å². The third kappa shape index (κ3) is 4.03. The van der Waals surface area contributed by atoms with Crippen LogP contribution >= 0.6 is 27.3 Å². The lowest BCUT2D eigenvalue weighted by Crippen LogP contribution is -2.34. The second-order valence-corrected chi connectivity index (χ2v) is 6.94. The van der Waals surface area contributed by atoms with Crippen molar-refractivity contribution in [3.05, 3.63) is 20.8 Å². The fourth-order valence-electron chi connectivity index (χ4n) is 2.28. The van der Waals surface area contributed by atoms with Gasteiger partial charge in [-0.15, -0.1) is 11.3 Å². The summed E-state index contributed by atoms with van der Waals surface area (Å²) in [7, 11) is 3.97. The zero-order chi connectivity index (χ0) is 12.3. The smallest absolute Gasteiger partial charge is 0.0711 e. The van der Waals surface area contributed by atoms with E-state index in [1.807, 2.05) is 0 Å². The zero-order valence-electron chi connectivity index (χ0n) is 10.3. The molecule has 2 unspecified atom stereocenters. The number of methoxy groups -OCH3 is 1. The molecular formula is C12H19BrN2OS. The van der Waals surface area contributed by atoms with Crippen LogP contribution in [0.15, 0.2) is 15.2 Å². The van der Waals surface area contributed by atoms with Crippen LogP contribution in [0.3, 0.4) is 0 Å². The fourth-order valence-corrected chi connectivity index (χ4v) is 3.48. The Kier molecular flexibility index (Phi) is 4.99. The van der Waals surface area contributed by atoms with E-state index in [0.717, 1.165) is 26.1 Å². The first-order valence-corrected chi connectivity index (χ1v) is 7.52. The van der Waals surface area contributed by atoms with Gasteiger partial charge in [0, 0.05) is 32.8 Å². The molecule has 1 fully saturated rings. The molecule has 2 atom stereocenters. The van der Waals surface area contributed by atoms with Crippen molar-refractivity contribution in [2.75, 3.05) is 27.2 Å². The van der Waals surface area contributed by atoms with Crippen molar-refractivity contribution < 1.29 is 4.74 Å². The summed E-state index contributed by atoms with van der Waals surface area (Å²) in [6.07, 6.45) is 1.51. The van der Waals surface area contributed by atoms with Gasteiger partial charge in [-0.25, -0.2) is 0 Å². The molecule has 1 aromatic heterocycles. The van der Waals surface area contributed by atoms with E-state index in [-0.39, 0.29) is 0 Å². The first-order valence-electron chi connectivity index (χ1n) is 5.85. The van der Waals surface area contributed by atoms with Gasteiger partial charge in [-0.2, -0.15) is 0 Å². The van der Waals surface area contributed by atoms with E-state index >= 15 is 0 Å². The third-order valence-electron chi connectivity index (χ3n) is 3.12. The van der Waals surface area contributed by atoms with Crippen molar-refractivity contribution in [1.82, 2.24) is 10.2 Å². The van der Waals surface area contributed by atoms with Crippen molar-refractivity contribution in [3.63, 3.8) is 0 Å². The van der Waals surface area contributed by atoms with Crippen molar-refractivity contribution in [2.45, 2.75) is 25.1 Å². The van der Waals surface area contributed by atoms with Crippen LogP contribution in [-0.4, -0.2) is 44.3 Å². The van der Waals surface area contributed by atoms with Crippen LogP contribution in [0.4, 0.5) is 0 Å². The Bertz CT molecular complexity index is 358. The van der Waals surface area contributed by atoms with Crippen molar-refractivity contribution in [2.24, 2.45) is 0 Å². The standard InChI is InChI=1S/C12H19BrN2OS/c1-15(6-9-3-12(13)17-8-9)7-10-4-11(16-2)5-14-10/h3,8,10-11,14H,4-7H2,1-2H3. The van der Waals surface area contributed by atoms with Gasteiger partial charge in [0.2, 0.25) is 0 Å². The summed E-state index contributed by atoms with van der Waals surface area (Å²) < 4.78 is 6.57. The predicted molar refractivity (Wildman–Crippen MR) is 75.6 cm³/mol. The molecule has 0 aromatic carbocycles. The lowest BCUT2D eigenvalue weighted by Gasteiger charge is -2.20. The highest BCUT2D eigenvalue weighted by Gasteiger charge is 2.24. The normalized spacial score (nSPS) is 24.7. The number of likely N-dealkylation sites (N-methyl/N-ethyl adjacent to an activating group) is 1. The maximum absolute atomic E-state index is 5.36. The molecule has 0 bridgehead atoms. The van der Waals surface area contributed by atoms with E-state index in [2.05, 4.69) is 44.6 Å². The summed E-state index contributed by atoms with van der Waals surface area (Å²) in [6.45, 7) is 3.07. The first-order chi connectivity index (χ1) is 8.17. The molecule has 0 aliphatic carbocycles. The number of nitrogens with one attached hydrogen (secondary N) is 1. The molecular weight excluding hydrogens is 300 g/mol. The number of hydrogen-bond donors (Lipinski definition) is 1. The van der Waals surface area contributed by atoms with Crippen LogP contribution in [0, 0.1) is 0 Å². The molecule has 1 aliphatic heterocycles. The Morgan fingerprint density at radius 1 is 1.65 bits per heavy atom. The topological polar surface area (TPSA) is 24.5 Å². The number of ether oxygens (including phenoxy) is 1. The second-order valence-electron chi connectivity index (χ2n) is 4.65. The summed E-state index contributed by atoms with van der Waals surface area (Å²) in [5.41, 5.74) is 1.38. The molecule has 0 radical (unpaired) electrons. The van der Waals surface area contributed by atoms with Crippen LogP contribution in [0.25, 0.3) is 0 Å². The van der Waals surface area contributed by atoms with E-state index in [1.54, 1.807) is 18.4 Å². The van der Waals surface area contributed by atoms with E-state index in [1.165, 1.54) is 9.35 Å². The van der Waals surface area contributed by atoms with Crippen molar-refractivity contribution >= 4 is 27.3 Å². The van der Waals surface area contributed by atoms with Crippen molar-refractivity contribution in [3.8, 4) is 0 Å². The van der Waals surface area contributed by atoms with Crippen LogP contribution in [0.5, 0.6) is 0 Å². The Morgan fingerprint density at radius 3 is 3.06 bits per heavy atom. The SMILES string of the molecule is COC1CNC(CN(C)Cc2csc(Br)c2)C1. The maximum atomic E-state index is 5.36. The molecule has 1 aliphatic rings. The Morgan fingerprint density at radius 2 is 2.47 bits per heavy atom. The molecule has 5 heteroatoms. The number of nitrogens with zero attached hydrogens (tertiary/aromatic N) is 1. The van der Waals surface area contributed by atoms with Crippen LogP contribution in [0.2, 0.25) is 0 Å². The van der Waals surface area contributed by atoms with Crippen molar-refractivity contribution in [1.29, 1.82) is 0 Å². The van der Waals surface area contributed by atoms with Gasteiger partial charge < -0.3 is 15.0 Å². The van der Waals surface area contributed by atoms with Gasteiger partial charge in [0.05, 0.1) is 9.89 Å². The fraction of sp³-hybridized carbons (Fsp3) is 0.667. The number of hydrogen-bond acceptors (Lipinski definition) is 4. The molecule has 0 amide bonds. The minimum absolute atomic E-state index is 0.392.